The van der Waals surface area contributed by atoms with Gasteiger partial charge in [-0.05, 0) is 32.9 Å². The van der Waals surface area contributed by atoms with Crippen molar-refractivity contribution >= 4 is 11.8 Å². The largest absolute Gasteiger partial charge is 0.350 e. The Kier molecular flexibility index (Phi) is 4.58. The Morgan fingerprint density at radius 2 is 2.22 bits per heavy atom. The molecule has 1 saturated carbocycles. The first-order valence-corrected chi connectivity index (χ1v) is 6.96. The summed E-state index contributed by atoms with van der Waals surface area (Å²) in [6.45, 7) is 1.10. The van der Waals surface area contributed by atoms with Crippen LogP contribution in [0.1, 0.15) is 38.5 Å². The van der Waals surface area contributed by atoms with Crippen LogP contribution in [-0.4, -0.2) is 48.9 Å². The van der Waals surface area contributed by atoms with Crippen molar-refractivity contribution in [3.8, 4) is 0 Å². The monoisotopic (exact) mass is 253 g/mol. The van der Waals surface area contributed by atoms with Crippen LogP contribution in [0.2, 0.25) is 0 Å². The number of carbonyl (C=O) groups excluding carboxylic acids is 2. The number of rotatable bonds is 4. The van der Waals surface area contributed by atoms with E-state index in [1.807, 2.05) is 11.9 Å². The van der Waals surface area contributed by atoms with Crippen molar-refractivity contribution in [1.82, 2.24) is 15.5 Å². The van der Waals surface area contributed by atoms with Crippen molar-refractivity contribution in [2.24, 2.45) is 0 Å². The predicted molar refractivity (Wildman–Crippen MR) is 69.1 cm³/mol. The van der Waals surface area contributed by atoms with E-state index in [4.69, 9.17) is 0 Å². The van der Waals surface area contributed by atoms with Gasteiger partial charge in [-0.1, -0.05) is 12.8 Å². The number of hydrogen-bond acceptors (Lipinski definition) is 3. The molecule has 2 atom stereocenters. The van der Waals surface area contributed by atoms with Gasteiger partial charge < -0.3 is 15.5 Å². The Labute approximate surface area is 108 Å². The average molecular weight is 253 g/mol. The fraction of sp³-hybridized carbons (Fsp3) is 0.846. The molecule has 2 rings (SSSR count). The Morgan fingerprint density at radius 3 is 3.00 bits per heavy atom. The quantitative estimate of drug-likeness (QED) is 0.706. The lowest BCUT2D eigenvalue weighted by atomic mass is 9.87. The van der Waals surface area contributed by atoms with Crippen LogP contribution in [0.3, 0.4) is 0 Å². The molecule has 0 aromatic heterocycles. The fourth-order valence-corrected chi connectivity index (χ4v) is 3.01. The van der Waals surface area contributed by atoms with Crippen LogP contribution < -0.4 is 10.6 Å². The minimum Gasteiger partial charge on any atom is -0.350 e. The number of piperazine rings is 1. The number of carbonyl (C=O) groups is 2. The third-order valence-electron chi connectivity index (χ3n) is 3.93. The molecule has 1 heterocycles. The molecular weight excluding hydrogens is 230 g/mol. The molecule has 0 spiro atoms. The molecule has 1 aliphatic carbocycles. The normalized spacial score (nSPS) is 27.6. The van der Waals surface area contributed by atoms with Gasteiger partial charge in [-0.25, -0.2) is 0 Å². The lowest BCUT2D eigenvalue weighted by Crippen LogP contribution is -2.62. The van der Waals surface area contributed by atoms with Crippen molar-refractivity contribution in [3.05, 3.63) is 0 Å². The van der Waals surface area contributed by atoms with Gasteiger partial charge in [0.25, 0.3) is 0 Å². The van der Waals surface area contributed by atoms with Gasteiger partial charge in [0.05, 0.1) is 12.6 Å². The number of nitrogens with one attached hydrogen (secondary N) is 2. The smallest absolute Gasteiger partial charge is 0.239 e. The molecule has 2 N–H and O–H groups in total. The molecule has 5 nitrogen and oxygen atoms in total. The molecule has 18 heavy (non-hydrogen) atoms. The molecule has 2 aliphatic rings. The minimum atomic E-state index is 0.000108. The summed E-state index contributed by atoms with van der Waals surface area (Å²) in [4.78, 5) is 25.7. The zero-order valence-corrected chi connectivity index (χ0v) is 11.1. The van der Waals surface area contributed by atoms with Gasteiger partial charge in [0.15, 0.2) is 0 Å². The molecular formula is C13H23N3O2. The van der Waals surface area contributed by atoms with Crippen LogP contribution in [0, 0.1) is 0 Å². The molecule has 102 valence electrons. The van der Waals surface area contributed by atoms with Gasteiger partial charge in [0, 0.05) is 12.5 Å². The van der Waals surface area contributed by atoms with E-state index < -0.39 is 0 Å². The van der Waals surface area contributed by atoms with E-state index in [9.17, 15) is 9.59 Å². The maximum absolute atomic E-state index is 12.2. The lowest BCUT2D eigenvalue weighted by molar-refractivity contribution is -0.144. The summed E-state index contributed by atoms with van der Waals surface area (Å²) in [6.07, 6.45) is 5.74. The lowest BCUT2D eigenvalue weighted by Gasteiger charge is -2.44. The van der Waals surface area contributed by atoms with Crippen LogP contribution in [0.5, 0.6) is 0 Å². The van der Waals surface area contributed by atoms with Crippen molar-refractivity contribution in [2.75, 3.05) is 20.1 Å². The molecule has 0 aromatic rings. The van der Waals surface area contributed by atoms with E-state index in [0.29, 0.717) is 6.42 Å². The summed E-state index contributed by atoms with van der Waals surface area (Å²) in [5, 5.41) is 6.07. The standard InChI is InChI=1S/C13H23N3O2/c1-14-8-4-7-13(18)16-9-12(17)15-10-5-2-3-6-11(10)16/h10-11,14H,2-9H2,1H3,(H,15,17). The van der Waals surface area contributed by atoms with Crippen LogP contribution in [0.25, 0.3) is 0 Å². The number of hydrogen-bond donors (Lipinski definition) is 2. The third kappa shape index (κ3) is 3.02. The molecule has 1 aliphatic heterocycles. The molecule has 0 bridgehead atoms. The number of nitrogens with zero attached hydrogens (tertiary/aromatic N) is 1. The first kappa shape index (κ1) is 13.3. The molecule has 1 saturated heterocycles. The van der Waals surface area contributed by atoms with Gasteiger partial charge in [0.2, 0.25) is 11.8 Å². The number of amides is 2. The summed E-state index contributed by atoms with van der Waals surface area (Å²) in [5.74, 6) is 0.136. The summed E-state index contributed by atoms with van der Waals surface area (Å²) < 4.78 is 0. The van der Waals surface area contributed by atoms with Gasteiger partial charge in [0.1, 0.15) is 0 Å². The Bertz CT molecular complexity index is 319. The highest BCUT2D eigenvalue weighted by molar-refractivity contribution is 5.86. The Morgan fingerprint density at radius 1 is 1.44 bits per heavy atom. The second-order valence-electron chi connectivity index (χ2n) is 5.25. The predicted octanol–water partition coefficient (Wildman–Crippen LogP) is 0.256. The summed E-state index contributed by atoms with van der Waals surface area (Å²) >= 11 is 0. The van der Waals surface area contributed by atoms with Crippen molar-refractivity contribution in [2.45, 2.75) is 50.6 Å². The van der Waals surface area contributed by atoms with Gasteiger partial charge >= 0.3 is 0 Å². The van der Waals surface area contributed by atoms with E-state index in [2.05, 4.69) is 10.6 Å². The zero-order valence-electron chi connectivity index (χ0n) is 11.1. The maximum atomic E-state index is 12.2. The zero-order chi connectivity index (χ0) is 13.0. The summed E-state index contributed by atoms with van der Waals surface area (Å²) in [6, 6.07) is 0.423. The first-order valence-electron chi connectivity index (χ1n) is 6.96. The molecule has 0 aromatic carbocycles. The molecule has 2 amide bonds. The molecule has 2 fully saturated rings. The van der Waals surface area contributed by atoms with Crippen molar-refractivity contribution < 1.29 is 9.59 Å². The second-order valence-corrected chi connectivity index (χ2v) is 5.25. The summed E-state index contributed by atoms with van der Waals surface area (Å²) in [7, 11) is 1.88. The van der Waals surface area contributed by atoms with Crippen molar-refractivity contribution in [1.29, 1.82) is 0 Å². The first-order chi connectivity index (χ1) is 8.72. The van der Waals surface area contributed by atoms with E-state index >= 15 is 0 Å². The van der Waals surface area contributed by atoms with Crippen LogP contribution in [-0.2, 0) is 9.59 Å². The van der Waals surface area contributed by atoms with Gasteiger partial charge in [-0.2, -0.15) is 0 Å². The number of fused-ring (bicyclic) bond motifs is 1. The SMILES string of the molecule is CNCCCC(=O)N1CC(=O)NC2CCCCC21. The van der Waals surface area contributed by atoms with E-state index in [1.54, 1.807) is 0 Å². The van der Waals surface area contributed by atoms with Crippen LogP contribution in [0.4, 0.5) is 0 Å². The van der Waals surface area contributed by atoms with Gasteiger partial charge in [-0.15, -0.1) is 0 Å². The second kappa shape index (κ2) is 6.18. The van der Waals surface area contributed by atoms with E-state index in [-0.39, 0.29) is 30.4 Å². The van der Waals surface area contributed by atoms with Gasteiger partial charge in [-0.3, -0.25) is 9.59 Å². The van der Waals surface area contributed by atoms with E-state index in [1.165, 1.54) is 0 Å². The highest BCUT2D eigenvalue weighted by atomic mass is 16.2. The van der Waals surface area contributed by atoms with E-state index in [0.717, 1.165) is 38.6 Å². The fourth-order valence-electron chi connectivity index (χ4n) is 3.01. The van der Waals surface area contributed by atoms with Crippen LogP contribution >= 0.6 is 0 Å². The minimum absolute atomic E-state index is 0.000108. The highest BCUT2D eigenvalue weighted by Gasteiger charge is 2.38. The molecule has 0 radical (unpaired) electrons. The maximum Gasteiger partial charge on any atom is 0.239 e. The highest BCUT2D eigenvalue weighted by Crippen LogP contribution is 2.26. The molecule has 5 heteroatoms. The summed E-state index contributed by atoms with van der Waals surface area (Å²) in [5.41, 5.74) is 0. The molecule has 2 unspecified atom stereocenters. The van der Waals surface area contributed by atoms with Crippen molar-refractivity contribution in [3.63, 3.8) is 0 Å². The third-order valence-corrected chi connectivity index (χ3v) is 3.93. The Hall–Kier alpha value is -1.10. The Balaban J connectivity index is 1.95. The topological polar surface area (TPSA) is 61.4 Å². The van der Waals surface area contributed by atoms with Crippen LogP contribution in [0.15, 0.2) is 0 Å². The average Bonchev–Trinajstić information content (AvgIpc) is 2.38.